The van der Waals surface area contributed by atoms with Crippen molar-refractivity contribution >= 4 is 17.6 Å². The number of hydrogen-bond donors (Lipinski definition) is 2. The molecule has 0 radical (unpaired) electrons. The molecular formula is C16H20N2O4. The van der Waals surface area contributed by atoms with Gasteiger partial charge in [0.1, 0.15) is 24.7 Å². The van der Waals surface area contributed by atoms with Gasteiger partial charge in [0.15, 0.2) is 0 Å². The van der Waals surface area contributed by atoms with E-state index < -0.39 is 6.09 Å². The average Bonchev–Trinajstić information content (AvgIpc) is 2.45. The number of amides is 1. The Morgan fingerprint density at radius 1 is 1.32 bits per heavy atom. The number of aryl methyl sites for hydroxylation is 1. The van der Waals surface area contributed by atoms with E-state index in [9.17, 15) is 9.59 Å². The molecule has 118 valence electrons. The number of carbonyl (C=O) groups is 2. The fourth-order valence-corrected chi connectivity index (χ4v) is 3.01. The molecule has 22 heavy (non-hydrogen) atoms. The molecule has 2 aliphatic heterocycles. The van der Waals surface area contributed by atoms with Gasteiger partial charge < -0.3 is 14.8 Å². The Hall–Kier alpha value is -2.08. The first kappa shape index (κ1) is 14.8. The van der Waals surface area contributed by atoms with Crippen LogP contribution in [0, 0.1) is 6.92 Å². The molecule has 1 aromatic rings. The summed E-state index contributed by atoms with van der Waals surface area (Å²) in [4.78, 5) is 22.9. The molecule has 0 aliphatic carbocycles. The number of carbonyl (C=O) groups excluding carboxylic acids is 2. The van der Waals surface area contributed by atoms with E-state index in [1.54, 1.807) is 0 Å². The maximum atomic E-state index is 11.6. The Labute approximate surface area is 129 Å². The first-order valence-corrected chi connectivity index (χ1v) is 7.49. The predicted molar refractivity (Wildman–Crippen MR) is 81.1 cm³/mol. The van der Waals surface area contributed by atoms with E-state index in [1.807, 2.05) is 26.0 Å². The summed E-state index contributed by atoms with van der Waals surface area (Å²) in [5, 5.41) is 6.07. The van der Waals surface area contributed by atoms with Gasteiger partial charge in [-0.1, -0.05) is 0 Å². The predicted octanol–water partition coefficient (Wildman–Crippen LogP) is 2.15. The fraction of sp³-hybridized carbons (Fsp3) is 0.500. The van der Waals surface area contributed by atoms with E-state index in [4.69, 9.17) is 9.47 Å². The second kappa shape index (κ2) is 5.96. The molecule has 2 aliphatic rings. The van der Waals surface area contributed by atoms with Crippen LogP contribution in [-0.4, -0.2) is 30.6 Å². The number of cyclic esters (lactones) is 1. The highest BCUT2D eigenvalue weighted by Crippen LogP contribution is 2.30. The van der Waals surface area contributed by atoms with E-state index in [0.29, 0.717) is 19.4 Å². The van der Waals surface area contributed by atoms with Crippen molar-refractivity contribution in [1.29, 1.82) is 0 Å². The van der Waals surface area contributed by atoms with Crippen molar-refractivity contribution in [2.24, 2.45) is 0 Å². The van der Waals surface area contributed by atoms with E-state index in [0.717, 1.165) is 22.6 Å². The topological polar surface area (TPSA) is 76.7 Å². The Morgan fingerprint density at radius 2 is 2.14 bits per heavy atom. The number of piperidine rings is 1. The van der Waals surface area contributed by atoms with Crippen LogP contribution in [0.4, 0.5) is 10.5 Å². The number of anilines is 1. The van der Waals surface area contributed by atoms with Crippen LogP contribution in [0.1, 0.15) is 30.9 Å². The van der Waals surface area contributed by atoms with Gasteiger partial charge in [0.25, 0.3) is 0 Å². The summed E-state index contributed by atoms with van der Waals surface area (Å²) in [5.41, 5.74) is 2.63. The molecule has 1 fully saturated rings. The maximum absolute atomic E-state index is 11.6. The molecule has 1 saturated heterocycles. The molecule has 0 spiro atoms. The third kappa shape index (κ3) is 3.22. The van der Waals surface area contributed by atoms with Crippen LogP contribution >= 0.6 is 0 Å². The van der Waals surface area contributed by atoms with Crippen molar-refractivity contribution in [1.82, 2.24) is 5.32 Å². The van der Waals surface area contributed by atoms with Crippen molar-refractivity contribution in [3.05, 3.63) is 23.3 Å². The van der Waals surface area contributed by atoms with Crippen LogP contribution < -0.4 is 15.4 Å². The highest BCUT2D eigenvalue weighted by Gasteiger charge is 2.24. The first-order chi connectivity index (χ1) is 10.5. The fourth-order valence-electron chi connectivity index (χ4n) is 3.01. The summed E-state index contributed by atoms with van der Waals surface area (Å²) in [6, 6.07) is 4.00. The monoisotopic (exact) mass is 304 g/mol. The number of rotatable bonds is 3. The average molecular weight is 304 g/mol. The van der Waals surface area contributed by atoms with Crippen molar-refractivity contribution in [3.8, 4) is 5.75 Å². The molecule has 2 unspecified atom stereocenters. The van der Waals surface area contributed by atoms with Crippen molar-refractivity contribution in [2.75, 3.05) is 11.9 Å². The van der Waals surface area contributed by atoms with Gasteiger partial charge in [0.2, 0.25) is 0 Å². The quantitative estimate of drug-likeness (QED) is 0.894. The number of ether oxygens (including phenoxy) is 2. The molecule has 0 bridgehead atoms. The molecule has 0 saturated carbocycles. The number of benzene rings is 1. The summed E-state index contributed by atoms with van der Waals surface area (Å²) in [6.45, 7) is 4.62. The zero-order chi connectivity index (χ0) is 15.7. The Bertz CT molecular complexity index is 614. The van der Waals surface area contributed by atoms with Crippen molar-refractivity contribution < 1.29 is 19.1 Å². The zero-order valence-electron chi connectivity index (χ0n) is 12.8. The summed E-state index contributed by atoms with van der Waals surface area (Å²) in [6.07, 6.45) is 0.669. The summed E-state index contributed by atoms with van der Waals surface area (Å²) in [7, 11) is 0. The SMILES string of the molecule is Cc1cc(OCC2CC(=O)CC(C)N2)cc2c1NC(=O)OC2. The Balaban J connectivity index is 1.67. The minimum absolute atomic E-state index is 0.0449. The third-order valence-electron chi connectivity index (χ3n) is 3.96. The van der Waals surface area contributed by atoms with Gasteiger partial charge in [-0.05, 0) is 31.5 Å². The molecule has 6 heteroatoms. The Kier molecular flexibility index (Phi) is 4.02. The van der Waals surface area contributed by atoms with Crippen LogP contribution in [0.3, 0.4) is 0 Å². The van der Waals surface area contributed by atoms with Gasteiger partial charge in [-0.25, -0.2) is 4.79 Å². The van der Waals surface area contributed by atoms with Crippen molar-refractivity contribution in [2.45, 2.75) is 45.4 Å². The lowest BCUT2D eigenvalue weighted by molar-refractivity contribution is -0.121. The molecule has 0 aromatic heterocycles. The second-order valence-electron chi connectivity index (χ2n) is 6.00. The smallest absolute Gasteiger partial charge is 0.411 e. The Morgan fingerprint density at radius 3 is 2.91 bits per heavy atom. The number of ketones is 1. The summed E-state index contributed by atoms with van der Waals surface area (Å²) in [5.74, 6) is 1.00. The highest BCUT2D eigenvalue weighted by atomic mass is 16.5. The largest absolute Gasteiger partial charge is 0.492 e. The normalized spacial score (nSPS) is 24.3. The van der Waals surface area contributed by atoms with E-state index >= 15 is 0 Å². The van der Waals surface area contributed by atoms with Crippen LogP contribution in [-0.2, 0) is 16.1 Å². The van der Waals surface area contributed by atoms with E-state index in [-0.39, 0.29) is 24.5 Å². The van der Waals surface area contributed by atoms with Gasteiger partial charge >= 0.3 is 6.09 Å². The highest BCUT2D eigenvalue weighted by molar-refractivity contribution is 5.89. The molecule has 1 amide bonds. The van der Waals surface area contributed by atoms with Gasteiger partial charge in [-0.2, -0.15) is 0 Å². The van der Waals surface area contributed by atoms with Crippen LogP contribution in [0.15, 0.2) is 12.1 Å². The lowest BCUT2D eigenvalue weighted by atomic mass is 9.99. The maximum Gasteiger partial charge on any atom is 0.411 e. The van der Waals surface area contributed by atoms with E-state index in [2.05, 4.69) is 10.6 Å². The second-order valence-corrected chi connectivity index (χ2v) is 6.00. The van der Waals surface area contributed by atoms with Gasteiger partial charge in [0, 0.05) is 30.5 Å². The zero-order valence-corrected chi connectivity index (χ0v) is 12.8. The standard InChI is InChI=1S/C16H20N2O4/c1-9-3-14(5-11-7-22-16(20)18-15(9)11)21-8-12-6-13(19)4-10(2)17-12/h3,5,10,12,17H,4,6-8H2,1-2H3,(H,18,20). The minimum atomic E-state index is -0.428. The summed E-state index contributed by atoms with van der Waals surface area (Å²) < 4.78 is 10.8. The summed E-state index contributed by atoms with van der Waals surface area (Å²) >= 11 is 0. The van der Waals surface area contributed by atoms with E-state index in [1.165, 1.54) is 0 Å². The van der Waals surface area contributed by atoms with Gasteiger partial charge in [-0.15, -0.1) is 0 Å². The van der Waals surface area contributed by atoms with Crippen LogP contribution in [0.5, 0.6) is 5.75 Å². The molecule has 2 heterocycles. The number of hydrogen-bond acceptors (Lipinski definition) is 5. The molecule has 2 atom stereocenters. The third-order valence-corrected chi connectivity index (χ3v) is 3.96. The lowest BCUT2D eigenvalue weighted by Gasteiger charge is -2.28. The van der Waals surface area contributed by atoms with Gasteiger partial charge in [-0.3, -0.25) is 10.1 Å². The van der Waals surface area contributed by atoms with Crippen molar-refractivity contribution in [3.63, 3.8) is 0 Å². The number of nitrogens with one attached hydrogen (secondary N) is 2. The lowest BCUT2D eigenvalue weighted by Crippen LogP contribution is -2.47. The molecule has 3 rings (SSSR count). The first-order valence-electron chi connectivity index (χ1n) is 7.49. The molecule has 1 aromatic carbocycles. The van der Waals surface area contributed by atoms with Crippen LogP contribution in [0.25, 0.3) is 0 Å². The molecular weight excluding hydrogens is 284 g/mol. The van der Waals surface area contributed by atoms with Gasteiger partial charge in [0.05, 0.1) is 5.69 Å². The molecule has 2 N–H and O–H groups in total. The number of Topliss-reactive ketones (excluding diaryl/α,β-unsaturated/α-hetero) is 1. The minimum Gasteiger partial charge on any atom is -0.492 e. The van der Waals surface area contributed by atoms with Crippen LogP contribution in [0.2, 0.25) is 0 Å². The molecule has 6 nitrogen and oxygen atoms in total. The number of fused-ring (bicyclic) bond motifs is 1.